The average Bonchev–Trinajstić information content (AvgIpc) is 3.31. The molecule has 0 aliphatic carbocycles. The summed E-state index contributed by atoms with van der Waals surface area (Å²) in [5, 5.41) is 0. The van der Waals surface area contributed by atoms with Gasteiger partial charge in [0.05, 0.1) is 18.9 Å². The summed E-state index contributed by atoms with van der Waals surface area (Å²) in [6.07, 6.45) is 4.41. The molecule has 0 aromatic carbocycles. The van der Waals surface area contributed by atoms with Gasteiger partial charge >= 0.3 is 6.03 Å². The number of carbonyl (C=O) groups excluding carboxylic acids is 2. The summed E-state index contributed by atoms with van der Waals surface area (Å²) >= 11 is 0. The molecule has 0 N–H and O–H groups in total. The SMILES string of the molecule is CC[C@H](C)N(CC(=O)N(Cc1ccco1)C[C@@H]1CCCO1)C(=O)N(C)C. The van der Waals surface area contributed by atoms with Gasteiger partial charge in [-0.05, 0) is 38.3 Å². The summed E-state index contributed by atoms with van der Waals surface area (Å²) in [5.74, 6) is 0.637. The number of hydrogen-bond acceptors (Lipinski definition) is 4. The van der Waals surface area contributed by atoms with E-state index in [0.29, 0.717) is 13.1 Å². The number of urea groups is 1. The first-order valence-electron chi connectivity index (χ1n) is 9.32. The van der Waals surface area contributed by atoms with Gasteiger partial charge in [-0.15, -0.1) is 0 Å². The van der Waals surface area contributed by atoms with Gasteiger partial charge in [0.2, 0.25) is 5.91 Å². The molecule has 1 aliphatic rings. The second-order valence-corrected chi connectivity index (χ2v) is 7.05. The molecule has 2 atom stereocenters. The number of amides is 3. The Kier molecular flexibility index (Phi) is 7.50. The second kappa shape index (κ2) is 9.62. The van der Waals surface area contributed by atoms with Crippen LogP contribution in [0.4, 0.5) is 4.79 Å². The highest BCUT2D eigenvalue weighted by molar-refractivity contribution is 5.84. The van der Waals surface area contributed by atoms with Crippen LogP contribution in [0.15, 0.2) is 22.8 Å². The second-order valence-electron chi connectivity index (χ2n) is 7.05. The van der Waals surface area contributed by atoms with E-state index in [2.05, 4.69) is 0 Å². The topological polar surface area (TPSA) is 66.2 Å². The molecule has 0 saturated carbocycles. The number of ether oxygens (including phenoxy) is 1. The molecule has 1 aliphatic heterocycles. The monoisotopic (exact) mass is 365 g/mol. The van der Waals surface area contributed by atoms with Crippen LogP contribution >= 0.6 is 0 Å². The van der Waals surface area contributed by atoms with E-state index in [1.54, 1.807) is 30.2 Å². The first-order valence-corrected chi connectivity index (χ1v) is 9.32. The number of hydrogen-bond donors (Lipinski definition) is 0. The van der Waals surface area contributed by atoms with Crippen LogP contribution in [0.1, 0.15) is 38.9 Å². The zero-order valence-electron chi connectivity index (χ0n) is 16.3. The largest absolute Gasteiger partial charge is 0.467 e. The summed E-state index contributed by atoms with van der Waals surface area (Å²) in [6, 6.07) is 3.50. The first kappa shape index (κ1) is 20.3. The molecule has 3 amide bonds. The van der Waals surface area contributed by atoms with Crippen molar-refractivity contribution in [1.29, 1.82) is 0 Å². The molecule has 0 unspecified atom stereocenters. The number of rotatable bonds is 8. The van der Waals surface area contributed by atoms with Gasteiger partial charge in [0.25, 0.3) is 0 Å². The molecule has 146 valence electrons. The Balaban J connectivity index is 2.10. The van der Waals surface area contributed by atoms with E-state index in [1.807, 2.05) is 26.0 Å². The highest BCUT2D eigenvalue weighted by Crippen LogP contribution is 2.16. The van der Waals surface area contributed by atoms with Crippen LogP contribution in [0.25, 0.3) is 0 Å². The summed E-state index contributed by atoms with van der Waals surface area (Å²) in [6.45, 7) is 5.68. The van der Waals surface area contributed by atoms with Crippen LogP contribution in [0, 0.1) is 0 Å². The van der Waals surface area contributed by atoms with E-state index < -0.39 is 0 Å². The van der Waals surface area contributed by atoms with Crippen LogP contribution < -0.4 is 0 Å². The molecular formula is C19H31N3O4. The van der Waals surface area contributed by atoms with E-state index >= 15 is 0 Å². The van der Waals surface area contributed by atoms with Crippen molar-refractivity contribution in [2.75, 3.05) is 33.8 Å². The van der Waals surface area contributed by atoms with Crippen molar-refractivity contribution in [2.45, 2.75) is 51.8 Å². The smallest absolute Gasteiger partial charge is 0.320 e. The molecule has 0 spiro atoms. The standard InChI is InChI=1S/C19H31N3O4/c1-5-15(2)22(19(24)20(3)4)14-18(23)21(12-16-8-6-10-25-16)13-17-9-7-11-26-17/h6,8,10,15,17H,5,7,9,11-14H2,1-4H3/t15-,17-/m0/s1. The van der Waals surface area contributed by atoms with Gasteiger partial charge in [-0.1, -0.05) is 6.92 Å². The van der Waals surface area contributed by atoms with Crippen molar-refractivity contribution in [3.05, 3.63) is 24.2 Å². The normalized spacial score (nSPS) is 17.8. The highest BCUT2D eigenvalue weighted by atomic mass is 16.5. The van der Waals surface area contributed by atoms with E-state index in [0.717, 1.165) is 31.6 Å². The molecule has 2 heterocycles. The van der Waals surface area contributed by atoms with Crippen molar-refractivity contribution in [3.63, 3.8) is 0 Å². The van der Waals surface area contributed by atoms with Gasteiger partial charge in [-0.25, -0.2) is 4.79 Å². The Morgan fingerprint density at radius 2 is 2.12 bits per heavy atom. The fraction of sp³-hybridized carbons (Fsp3) is 0.684. The lowest BCUT2D eigenvalue weighted by Crippen LogP contribution is -2.50. The Labute approximate surface area is 155 Å². The fourth-order valence-electron chi connectivity index (χ4n) is 3.01. The molecule has 7 nitrogen and oxygen atoms in total. The minimum atomic E-state index is -0.150. The lowest BCUT2D eigenvalue weighted by atomic mass is 10.2. The molecule has 0 bridgehead atoms. The van der Waals surface area contributed by atoms with Crippen molar-refractivity contribution in [3.8, 4) is 0 Å². The number of furan rings is 1. The Morgan fingerprint density at radius 1 is 1.35 bits per heavy atom. The van der Waals surface area contributed by atoms with Gasteiger partial charge < -0.3 is 23.9 Å². The lowest BCUT2D eigenvalue weighted by molar-refractivity contribution is -0.134. The van der Waals surface area contributed by atoms with E-state index in [9.17, 15) is 9.59 Å². The van der Waals surface area contributed by atoms with Gasteiger partial charge in [0.1, 0.15) is 12.3 Å². The Morgan fingerprint density at radius 3 is 2.65 bits per heavy atom. The molecule has 26 heavy (non-hydrogen) atoms. The van der Waals surface area contributed by atoms with E-state index in [1.165, 1.54) is 4.90 Å². The maximum atomic E-state index is 13.0. The molecule has 1 saturated heterocycles. The molecule has 7 heteroatoms. The maximum Gasteiger partial charge on any atom is 0.320 e. The Bertz CT molecular complexity index is 567. The fourth-order valence-corrected chi connectivity index (χ4v) is 3.01. The summed E-state index contributed by atoms with van der Waals surface area (Å²) in [7, 11) is 3.41. The maximum absolute atomic E-state index is 13.0. The van der Waals surface area contributed by atoms with Gasteiger partial charge in [-0.3, -0.25) is 4.79 Å². The van der Waals surface area contributed by atoms with Crippen LogP contribution in [0.2, 0.25) is 0 Å². The van der Waals surface area contributed by atoms with E-state index in [-0.39, 0.29) is 30.6 Å². The van der Waals surface area contributed by atoms with Crippen LogP contribution in [-0.2, 0) is 16.1 Å². The quantitative estimate of drug-likeness (QED) is 0.710. The minimum Gasteiger partial charge on any atom is -0.467 e. The zero-order valence-corrected chi connectivity index (χ0v) is 16.3. The van der Waals surface area contributed by atoms with Gasteiger partial charge in [0.15, 0.2) is 0 Å². The van der Waals surface area contributed by atoms with Crippen molar-refractivity contribution >= 4 is 11.9 Å². The number of carbonyl (C=O) groups is 2. The van der Waals surface area contributed by atoms with Crippen molar-refractivity contribution < 1.29 is 18.7 Å². The molecule has 1 fully saturated rings. The molecule has 1 aromatic rings. The molecule has 1 aromatic heterocycles. The predicted molar refractivity (Wildman–Crippen MR) is 98.6 cm³/mol. The van der Waals surface area contributed by atoms with Gasteiger partial charge in [0, 0.05) is 33.3 Å². The summed E-state index contributed by atoms with van der Waals surface area (Å²) < 4.78 is 11.1. The minimum absolute atomic E-state index is 0.0120. The molecule has 2 rings (SSSR count). The van der Waals surface area contributed by atoms with Gasteiger partial charge in [-0.2, -0.15) is 0 Å². The summed E-state index contributed by atoms with van der Waals surface area (Å²) in [4.78, 5) is 30.4. The third-order valence-corrected chi connectivity index (χ3v) is 4.78. The third kappa shape index (κ3) is 5.49. The predicted octanol–water partition coefficient (Wildman–Crippen LogP) is 2.57. The van der Waals surface area contributed by atoms with Crippen LogP contribution in [0.5, 0.6) is 0 Å². The number of nitrogens with zero attached hydrogens (tertiary/aromatic N) is 3. The average molecular weight is 365 g/mol. The molecule has 0 radical (unpaired) electrons. The van der Waals surface area contributed by atoms with Crippen molar-refractivity contribution in [2.24, 2.45) is 0 Å². The first-order chi connectivity index (χ1) is 12.4. The highest BCUT2D eigenvalue weighted by Gasteiger charge is 2.28. The van der Waals surface area contributed by atoms with Crippen LogP contribution in [-0.4, -0.2) is 72.6 Å². The van der Waals surface area contributed by atoms with Crippen LogP contribution in [0.3, 0.4) is 0 Å². The lowest BCUT2D eigenvalue weighted by Gasteiger charge is -2.33. The third-order valence-electron chi connectivity index (χ3n) is 4.78. The zero-order chi connectivity index (χ0) is 19.1. The summed E-state index contributed by atoms with van der Waals surface area (Å²) in [5.41, 5.74) is 0. The van der Waals surface area contributed by atoms with E-state index in [4.69, 9.17) is 9.15 Å². The molecular weight excluding hydrogens is 334 g/mol. The van der Waals surface area contributed by atoms with Crippen molar-refractivity contribution in [1.82, 2.24) is 14.7 Å². The Hall–Kier alpha value is -2.02.